The minimum atomic E-state index is -0.591. The Hall–Kier alpha value is -3.03. The van der Waals surface area contributed by atoms with Crippen molar-refractivity contribution in [3.05, 3.63) is 40.3 Å². The van der Waals surface area contributed by atoms with Gasteiger partial charge in [-0.2, -0.15) is 0 Å². The first-order valence-corrected chi connectivity index (χ1v) is 8.62. The van der Waals surface area contributed by atoms with E-state index < -0.39 is 6.10 Å². The van der Waals surface area contributed by atoms with E-state index in [2.05, 4.69) is 9.97 Å². The summed E-state index contributed by atoms with van der Waals surface area (Å²) in [6.07, 6.45) is 2.26. The Kier molecular flexibility index (Phi) is 5.11. The Morgan fingerprint density at radius 2 is 2.15 bits per heavy atom. The number of carbonyl (C=O) groups excluding carboxylic acids is 1. The molecule has 138 valence electrons. The lowest BCUT2D eigenvalue weighted by molar-refractivity contribution is -0.126. The number of anilines is 2. The summed E-state index contributed by atoms with van der Waals surface area (Å²) in [6.45, 7) is 4.47. The molecule has 1 atom stereocenters. The maximum atomic E-state index is 12.7. The first-order valence-electron chi connectivity index (χ1n) is 8.62. The Balaban J connectivity index is 1.91. The standard InChI is InChI=1S/C18H22N4O4/c1-3-7-25-15-9-20-11(8-12(15)23)10-22-17-14(5-6-16(19)21-17)26-13(4-2)18(22)24/h5-6,8-9,13H,3-4,7,10H2,1-2H3,(H2,19,21)(H,20,23). The highest BCUT2D eigenvalue weighted by atomic mass is 16.5. The van der Waals surface area contributed by atoms with Crippen LogP contribution < -0.4 is 25.5 Å². The van der Waals surface area contributed by atoms with Crippen molar-refractivity contribution >= 4 is 17.5 Å². The Bertz CT molecular complexity index is 865. The predicted octanol–water partition coefficient (Wildman–Crippen LogP) is 1.85. The van der Waals surface area contributed by atoms with Gasteiger partial charge in [-0.1, -0.05) is 13.8 Å². The molecule has 0 fully saturated rings. The summed E-state index contributed by atoms with van der Waals surface area (Å²) in [4.78, 5) is 33.6. The number of H-pyrrole nitrogens is 1. The average Bonchev–Trinajstić information content (AvgIpc) is 2.63. The van der Waals surface area contributed by atoms with E-state index >= 15 is 0 Å². The van der Waals surface area contributed by atoms with Gasteiger partial charge in [0.15, 0.2) is 23.4 Å². The number of hydrogen-bond acceptors (Lipinski definition) is 6. The Morgan fingerprint density at radius 1 is 1.35 bits per heavy atom. The van der Waals surface area contributed by atoms with Crippen LogP contribution in [0.15, 0.2) is 29.2 Å². The molecule has 1 aliphatic heterocycles. The van der Waals surface area contributed by atoms with Gasteiger partial charge in [-0.25, -0.2) is 4.98 Å². The van der Waals surface area contributed by atoms with E-state index in [0.29, 0.717) is 30.3 Å². The molecule has 0 aromatic carbocycles. The third-order valence-electron chi connectivity index (χ3n) is 4.02. The molecule has 0 saturated heterocycles. The molecule has 1 aliphatic rings. The van der Waals surface area contributed by atoms with Gasteiger partial charge in [0, 0.05) is 18.0 Å². The van der Waals surface area contributed by atoms with E-state index in [4.69, 9.17) is 15.2 Å². The van der Waals surface area contributed by atoms with E-state index in [1.165, 1.54) is 17.2 Å². The van der Waals surface area contributed by atoms with Crippen LogP contribution in [0, 0.1) is 0 Å². The van der Waals surface area contributed by atoms with Gasteiger partial charge < -0.3 is 20.2 Å². The quantitative estimate of drug-likeness (QED) is 0.815. The molecule has 8 heteroatoms. The zero-order chi connectivity index (χ0) is 18.7. The molecule has 0 aliphatic carbocycles. The lowest BCUT2D eigenvalue weighted by Crippen LogP contribution is -2.46. The summed E-state index contributed by atoms with van der Waals surface area (Å²) >= 11 is 0. The van der Waals surface area contributed by atoms with Crippen LogP contribution in [0.25, 0.3) is 0 Å². The number of nitrogens with two attached hydrogens (primary N) is 1. The van der Waals surface area contributed by atoms with Gasteiger partial charge in [-0.15, -0.1) is 0 Å². The lowest BCUT2D eigenvalue weighted by atomic mass is 10.1. The number of aromatic amines is 1. The van der Waals surface area contributed by atoms with Crippen molar-refractivity contribution in [2.75, 3.05) is 17.2 Å². The molecule has 0 radical (unpaired) electrons. The number of aromatic nitrogens is 2. The molecule has 0 spiro atoms. The highest BCUT2D eigenvalue weighted by molar-refractivity contribution is 5.99. The van der Waals surface area contributed by atoms with Gasteiger partial charge in [-0.3, -0.25) is 14.5 Å². The number of amides is 1. The normalized spacial score (nSPS) is 16.2. The summed E-state index contributed by atoms with van der Waals surface area (Å²) < 4.78 is 11.1. The van der Waals surface area contributed by atoms with Gasteiger partial charge in [0.25, 0.3) is 5.91 Å². The van der Waals surface area contributed by atoms with E-state index in [9.17, 15) is 9.59 Å². The van der Waals surface area contributed by atoms with Crippen molar-refractivity contribution in [2.24, 2.45) is 0 Å². The SMILES string of the molecule is CCCOc1c[nH]c(CN2C(=O)C(CC)Oc3ccc(N)nc32)cc1=O. The second-order valence-electron chi connectivity index (χ2n) is 6.03. The molecule has 2 aromatic rings. The predicted molar refractivity (Wildman–Crippen MR) is 97.4 cm³/mol. The summed E-state index contributed by atoms with van der Waals surface area (Å²) in [5.74, 6) is 1.18. The molecular formula is C18H22N4O4. The van der Waals surface area contributed by atoms with Crippen LogP contribution in [0.3, 0.4) is 0 Å². The third kappa shape index (κ3) is 3.49. The largest absolute Gasteiger partial charge is 0.488 e. The monoisotopic (exact) mass is 358 g/mol. The molecule has 3 heterocycles. The average molecular weight is 358 g/mol. The van der Waals surface area contributed by atoms with Crippen molar-refractivity contribution < 1.29 is 14.3 Å². The van der Waals surface area contributed by atoms with E-state index in [0.717, 1.165) is 6.42 Å². The van der Waals surface area contributed by atoms with Gasteiger partial charge in [0.1, 0.15) is 5.82 Å². The van der Waals surface area contributed by atoms with Gasteiger partial charge in [-0.05, 0) is 25.0 Å². The second-order valence-corrected chi connectivity index (χ2v) is 6.03. The number of ether oxygens (including phenoxy) is 2. The number of fused-ring (bicyclic) bond motifs is 1. The minimum absolute atomic E-state index is 0.158. The van der Waals surface area contributed by atoms with Crippen molar-refractivity contribution in [2.45, 2.75) is 39.3 Å². The van der Waals surface area contributed by atoms with Crippen molar-refractivity contribution in [1.82, 2.24) is 9.97 Å². The van der Waals surface area contributed by atoms with Gasteiger partial charge in [0.2, 0.25) is 5.43 Å². The molecule has 1 amide bonds. The number of carbonyl (C=O) groups is 1. The number of nitrogens with one attached hydrogen (secondary N) is 1. The molecule has 2 aromatic heterocycles. The molecule has 8 nitrogen and oxygen atoms in total. The van der Waals surface area contributed by atoms with Gasteiger partial charge in [0.05, 0.1) is 13.2 Å². The maximum absolute atomic E-state index is 12.7. The highest BCUT2D eigenvalue weighted by Crippen LogP contribution is 2.34. The van der Waals surface area contributed by atoms with E-state index in [-0.39, 0.29) is 29.4 Å². The van der Waals surface area contributed by atoms with Crippen molar-refractivity contribution in [1.29, 1.82) is 0 Å². The van der Waals surface area contributed by atoms with Crippen LogP contribution in [0.5, 0.6) is 11.5 Å². The highest BCUT2D eigenvalue weighted by Gasteiger charge is 2.34. The van der Waals surface area contributed by atoms with Crippen LogP contribution in [-0.2, 0) is 11.3 Å². The van der Waals surface area contributed by atoms with Crippen LogP contribution in [0.2, 0.25) is 0 Å². The summed E-state index contributed by atoms with van der Waals surface area (Å²) in [6, 6.07) is 4.76. The fourth-order valence-electron chi connectivity index (χ4n) is 2.72. The zero-order valence-electron chi connectivity index (χ0n) is 14.8. The van der Waals surface area contributed by atoms with Crippen molar-refractivity contribution in [3.8, 4) is 11.5 Å². The minimum Gasteiger partial charge on any atom is -0.488 e. The summed E-state index contributed by atoms with van der Waals surface area (Å²) in [5.41, 5.74) is 6.09. The molecule has 26 heavy (non-hydrogen) atoms. The van der Waals surface area contributed by atoms with Crippen LogP contribution in [0.1, 0.15) is 32.4 Å². The molecule has 0 bridgehead atoms. The van der Waals surface area contributed by atoms with E-state index in [1.54, 1.807) is 12.1 Å². The number of pyridine rings is 2. The lowest BCUT2D eigenvalue weighted by Gasteiger charge is -2.33. The summed E-state index contributed by atoms with van der Waals surface area (Å²) in [7, 11) is 0. The van der Waals surface area contributed by atoms with Crippen LogP contribution >= 0.6 is 0 Å². The maximum Gasteiger partial charge on any atom is 0.269 e. The van der Waals surface area contributed by atoms with Crippen molar-refractivity contribution in [3.63, 3.8) is 0 Å². The number of nitrogen functional groups attached to an aromatic ring is 1. The molecule has 1 unspecified atom stereocenters. The fraction of sp³-hybridized carbons (Fsp3) is 0.389. The zero-order valence-corrected chi connectivity index (χ0v) is 14.8. The van der Waals surface area contributed by atoms with E-state index in [1.807, 2.05) is 13.8 Å². The molecular weight excluding hydrogens is 336 g/mol. The van der Waals surface area contributed by atoms with Crippen LogP contribution in [0.4, 0.5) is 11.6 Å². The number of nitrogens with zero attached hydrogens (tertiary/aromatic N) is 2. The van der Waals surface area contributed by atoms with Crippen LogP contribution in [-0.4, -0.2) is 28.6 Å². The van der Waals surface area contributed by atoms with Gasteiger partial charge >= 0.3 is 0 Å². The Morgan fingerprint density at radius 3 is 2.85 bits per heavy atom. The third-order valence-corrected chi connectivity index (χ3v) is 4.02. The smallest absolute Gasteiger partial charge is 0.269 e. The first-order chi connectivity index (χ1) is 12.5. The fourth-order valence-corrected chi connectivity index (χ4v) is 2.72. The topological polar surface area (TPSA) is 111 Å². The molecule has 0 saturated carbocycles. The second kappa shape index (κ2) is 7.47. The Labute approximate surface area is 150 Å². The summed E-state index contributed by atoms with van der Waals surface area (Å²) in [5, 5.41) is 0. The molecule has 3 N–H and O–H groups in total. The number of hydrogen-bond donors (Lipinski definition) is 2. The first kappa shape index (κ1) is 17.8. The number of rotatable bonds is 6. The molecule has 3 rings (SSSR count).